The van der Waals surface area contributed by atoms with Gasteiger partial charge < -0.3 is 16.0 Å². The Bertz CT molecular complexity index is 741. The number of carbonyl (C=O) groups excluding carboxylic acids is 2. The van der Waals surface area contributed by atoms with Crippen LogP contribution in [0.5, 0.6) is 0 Å². The van der Waals surface area contributed by atoms with Gasteiger partial charge in [0.1, 0.15) is 5.82 Å². The molecule has 0 radical (unpaired) electrons. The van der Waals surface area contributed by atoms with Gasteiger partial charge in [-0.3, -0.25) is 9.59 Å². The Morgan fingerprint density at radius 1 is 1.23 bits per heavy atom. The van der Waals surface area contributed by atoms with Gasteiger partial charge in [0, 0.05) is 23.6 Å². The summed E-state index contributed by atoms with van der Waals surface area (Å²) in [6, 6.07) is 9.82. The third-order valence-corrected chi connectivity index (χ3v) is 5.78. The molecule has 0 spiro atoms. The van der Waals surface area contributed by atoms with Gasteiger partial charge in [0.05, 0.1) is 19.1 Å². The molecule has 0 aliphatic carbocycles. The second kappa shape index (κ2) is 8.42. The molecule has 2 amide bonds. The molecule has 1 atom stereocenters. The van der Waals surface area contributed by atoms with Crippen LogP contribution in [0.3, 0.4) is 0 Å². The molecule has 1 aromatic carbocycles. The number of hydrogen-bond donors (Lipinski definition) is 3. The number of quaternary nitrogens is 1. The Balaban J connectivity index is 1.63. The zero-order valence-electron chi connectivity index (χ0n) is 14.4. The highest BCUT2D eigenvalue weighted by molar-refractivity contribution is 7.10. The largest absolute Gasteiger partial charge is 0.369 e. The summed E-state index contributed by atoms with van der Waals surface area (Å²) in [5, 5.41) is 5.03. The standard InChI is InChI=1S/C19H22FN3O2S/c20-15-5-3-13(4-6-15)18(16-2-1-11-26-16)22-17(24)12-23-9-7-14(8-10-23)19(21)25/h1-6,11,14,18H,7-10,12H2,(H2,21,25)(H,22,24)/p+1/t18-/m1/s1. The maximum atomic E-state index is 13.2. The summed E-state index contributed by atoms with van der Waals surface area (Å²) in [5.41, 5.74) is 6.21. The van der Waals surface area contributed by atoms with E-state index >= 15 is 0 Å². The fourth-order valence-corrected chi connectivity index (χ4v) is 4.16. The first kappa shape index (κ1) is 18.5. The third kappa shape index (κ3) is 4.68. The maximum absolute atomic E-state index is 13.2. The smallest absolute Gasteiger partial charge is 0.275 e. The number of thiophene rings is 1. The van der Waals surface area contributed by atoms with Crippen LogP contribution in [0.2, 0.25) is 0 Å². The Morgan fingerprint density at radius 2 is 1.92 bits per heavy atom. The van der Waals surface area contributed by atoms with Gasteiger partial charge in [0.25, 0.3) is 5.91 Å². The van der Waals surface area contributed by atoms with Gasteiger partial charge in [0.15, 0.2) is 6.54 Å². The SMILES string of the molecule is NC(=O)C1CC[NH+](CC(=O)N[C@H](c2ccc(F)cc2)c2cccs2)CC1. The summed E-state index contributed by atoms with van der Waals surface area (Å²) in [7, 11) is 0. The first-order valence-electron chi connectivity index (χ1n) is 8.74. The molecule has 4 N–H and O–H groups in total. The number of piperidine rings is 1. The average molecular weight is 376 g/mol. The highest BCUT2D eigenvalue weighted by atomic mass is 32.1. The van der Waals surface area contributed by atoms with Crippen molar-refractivity contribution in [1.82, 2.24) is 5.32 Å². The van der Waals surface area contributed by atoms with E-state index in [0.29, 0.717) is 6.54 Å². The molecule has 0 bridgehead atoms. The molecule has 1 aliphatic rings. The molecule has 1 saturated heterocycles. The maximum Gasteiger partial charge on any atom is 0.275 e. The van der Waals surface area contributed by atoms with Crippen LogP contribution in [0.15, 0.2) is 41.8 Å². The Hall–Kier alpha value is -2.25. The van der Waals surface area contributed by atoms with Crippen LogP contribution in [0.1, 0.15) is 29.3 Å². The van der Waals surface area contributed by atoms with Crippen molar-refractivity contribution in [3.05, 3.63) is 58.0 Å². The van der Waals surface area contributed by atoms with Crippen molar-refractivity contribution in [1.29, 1.82) is 0 Å². The predicted molar refractivity (Wildman–Crippen MR) is 98.2 cm³/mol. The zero-order valence-corrected chi connectivity index (χ0v) is 15.2. The molecule has 1 aromatic heterocycles. The first-order chi connectivity index (χ1) is 12.5. The lowest BCUT2D eigenvalue weighted by molar-refractivity contribution is -0.897. The molecule has 26 heavy (non-hydrogen) atoms. The average Bonchev–Trinajstić information content (AvgIpc) is 3.15. The van der Waals surface area contributed by atoms with Crippen molar-refractivity contribution in [2.24, 2.45) is 11.7 Å². The fourth-order valence-electron chi connectivity index (χ4n) is 3.36. The normalized spacial score (nSPS) is 21.1. The predicted octanol–water partition coefficient (Wildman–Crippen LogP) is 0.873. The fraction of sp³-hybridized carbons (Fsp3) is 0.368. The summed E-state index contributed by atoms with van der Waals surface area (Å²) in [6.07, 6.45) is 1.45. The topological polar surface area (TPSA) is 76.6 Å². The van der Waals surface area contributed by atoms with Crippen molar-refractivity contribution in [3.8, 4) is 0 Å². The minimum absolute atomic E-state index is 0.0553. The van der Waals surface area contributed by atoms with Crippen LogP contribution in [-0.4, -0.2) is 31.4 Å². The number of carbonyl (C=O) groups is 2. The number of amides is 2. The number of halogens is 1. The quantitative estimate of drug-likeness (QED) is 0.700. The lowest BCUT2D eigenvalue weighted by Crippen LogP contribution is -3.14. The van der Waals surface area contributed by atoms with E-state index in [2.05, 4.69) is 5.32 Å². The first-order valence-corrected chi connectivity index (χ1v) is 9.62. The molecule has 3 rings (SSSR count). The van der Waals surface area contributed by atoms with Gasteiger partial charge in [0.2, 0.25) is 5.91 Å². The van der Waals surface area contributed by atoms with Crippen LogP contribution < -0.4 is 16.0 Å². The van der Waals surface area contributed by atoms with Gasteiger partial charge in [-0.15, -0.1) is 11.3 Å². The van der Waals surface area contributed by atoms with E-state index in [1.807, 2.05) is 17.5 Å². The van der Waals surface area contributed by atoms with E-state index in [1.54, 1.807) is 23.5 Å². The summed E-state index contributed by atoms with van der Waals surface area (Å²) < 4.78 is 13.2. The Labute approximate surface area is 156 Å². The number of hydrogen-bond acceptors (Lipinski definition) is 3. The number of nitrogens with one attached hydrogen (secondary N) is 2. The van der Waals surface area contributed by atoms with Gasteiger partial charge in [-0.25, -0.2) is 4.39 Å². The lowest BCUT2D eigenvalue weighted by atomic mass is 9.96. The second-order valence-electron chi connectivity index (χ2n) is 6.67. The minimum Gasteiger partial charge on any atom is -0.369 e. The summed E-state index contributed by atoms with van der Waals surface area (Å²) in [5.74, 6) is -0.672. The molecule has 2 aromatic rings. The molecular weight excluding hydrogens is 353 g/mol. The minimum atomic E-state index is -0.299. The zero-order chi connectivity index (χ0) is 18.5. The van der Waals surface area contributed by atoms with E-state index in [0.717, 1.165) is 41.3 Å². The molecule has 1 aliphatic heterocycles. The van der Waals surface area contributed by atoms with Crippen LogP contribution in [-0.2, 0) is 9.59 Å². The van der Waals surface area contributed by atoms with Crippen LogP contribution >= 0.6 is 11.3 Å². The molecule has 5 nitrogen and oxygen atoms in total. The molecule has 138 valence electrons. The summed E-state index contributed by atoms with van der Waals surface area (Å²) >= 11 is 1.55. The van der Waals surface area contributed by atoms with Crippen LogP contribution in [0.4, 0.5) is 4.39 Å². The van der Waals surface area contributed by atoms with Crippen molar-refractivity contribution in [2.45, 2.75) is 18.9 Å². The molecule has 2 heterocycles. The number of primary amides is 1. The highest BCUT2D eigenvalue weighted by Crippen LogP contribution is 2.26. The summed E-state index contributed by atoms with van der Waals surface area (Å²) in [6.45, 7) is 1.89. The van der Waals surface area contributed by atoms with Crippen molar-refractivity contribution in [2.75, 3.05) is 19.6 Å². The van der Waals surface area contributed by atoms with E-state index in [-0.39, 0.29) is 29.6 Å². The van der Waals surface area contributed by atoms with Gasteiger partial charge in [-0.05, 0) is 29.1 Å². The van der Waals surface area contributed by atoms with Crippen molar-refractivity contribution < 1.29 is 18.9 Å². The lowest BCUT2D eigenvalue weighted by Gasteiger charge is -2.28. The number of benzene rings is 1. The van der Waals surface area contributed by atoms with E-state index < -0.39 is 0 Å². The molecular formula is C19H23FN3O2S+. The Kier molecular flexibility index (Phi) is 6.00. The van der Waals surface area contributed by atoms with E-state index in [4.69, 9.17) is 5.73 Å². The third-order valence-electron chi connectivity index (χ3n) is 4.84. The van der Waals surface area contributed by atoms with E-state index in [1.165, 1.54) is 12.1 Å². The van der Waals surface area contributed by atoms with Gasteiger partial charge in [-0.1, -0.05) is 18.2 Å². The number of nitrogens with two attached hydrogens (primary N) is 1. The molecule has 7 heteroatoms. The van der Waals surface area contributed by atoms with Crippen LogP contribution in [0.25, 0.3) is 0 Å². The van der Waals surface area contributed by atoms with Crippen LogP contribution in [0, 0.1) is 11.7 Å². The van der Waals surface area contributed by atoms with Crippen molar-refractivity contribution >= 4 is 23.2 Å². The number of rotatable bonds is 6. The van der Waals surface area contributed by atoms with Gasteiger partial charge >= 0.3 is 0 Å². The second-order valence-corrected chi connectivity index (χ2v) is 7.65. The Morgan fingerprint density at radius 3 is 2.50 bits per heavy atom. The van der Waals surface area contributed by atoms with E-state index in [9.17, 15) is 14.0 Å². The monoisotopic (exact) mass is 376 g/mol. The highest BCUT2D eigenvalue weighted by Gasteiger charge is 2.28. The molecule has 0 saturated carbocycles. The van der Waals surface area contributed by atoms with Crippen molar-refractivity contribution in [3.63, 3.8) is 0 Å². The summed E-state index contributed by atoms with van der Waals surface area (Å²) in [4.78, 5) is 26.0. The van der Waals surface area contributed by atoms with Gasteiger partial charge in [-0.2, -0.15) is 0 Å². The molecule has 1 fully saturated rings. The number of likely N-dealkylation sites (tertiary alicyclic amines) is 1. The molecule has 0 unspecified atom stereocenters.